The maximum Gasteiger partial charge on any atom is 0.175 e. The molecule has 0 aliphatic rings. The topological polar surface area (TPSA) is 30.2 Å². The molecule has 2 aromatic heterocycles. The van der Waals surface area contributed by atoms with Gasteiger partial charge in [0.25, 0.3) is 0 Å². The third kappa shape index (κ3) is 1.33. The van der Waals surface area contributed by atoms with E-state index in [1.807, 2.05) is 28.7 Å². The van der Waals surface area contributed by atoms with Gasteiger partial charge < -0.3 is 0 Å². The fourth-order valence-electron chi connectivity index (χ4n) is 1.62. The monoisotopic (exact) mass is 281 g/mol. The van der Waals surface area contributed by atoms with Crippen LogP contribution in [0.4, 0.5) is 0 Å². The van der Waals surface area contributed by atoms with Gasteiger partial charge in [0.05, 0.1) is 9.99 Å². The number of rotatable bonds is 0. The normalized spacial score (nSPS) is 11.3. The highest BCUT2D eigenvalue weighted by molar-refractivity contribution is 9.10. The zero-order chi connectivity index (χ0) is 10.4. The molecule has 3 rings (SSSR count). The molecule has 0 saturated heterocycles. The lowest BCUT2D eigenvalue weighted by Crippen LogP contribution is -1.88. The molecule has 0 amide bonds. The molecule has 0 unspecified atom stereocenters. The first-order valence-corrected chi connectivity index (χ1v) is 5.50. The average Bonchev–Trinajstić information content (AvgIpc) is 2.69. The molecule has 0 aliphatic heterocycles. The van der Waals surface area contributed by atoms with Crippen molar-refractivity contribution in [2.24, 2.45) is 0 Å². The van der Waals surface area contributed by atoms with Gasteiger partial charge in [-0.2, -0.15) is 0 Å². The minimum absolute atomic E-state index is 0.708. The summed E-state index contributed by atoms with van der Waals surface area (Å²) in [4.78, 5) is 0. The van der Waals surface area contributed by atoms with Crippen molar-refractivity contribution in [3.63, 3.8) is 0 Å². The van der Waals surface area contributed by atoms with Gasteiger partial charge in [-0.05, 0) is 39.5 Å². The maximum atomic E-state index is 5.96. The average molecular weight is 283 g/mol. The Morgan fingerprint density at radius 2 is 2.13 bits per heavy atom. The number of pyridine rings is 1. The number of fused-ring (bicyclic) bond motifs is 3. The Labute approximate surface area is 98.8 Å². The molecule has 0 bridgehead atoms. The van der Waals surface area contributed by atoms with Crippen molar-refractivity contribution < 1.29 is 0 Å². The van der Waals surface area contributed by atoms with E-state index in [2.05, 4.69) is 26.1 Å². The third-order valence-corrected chi connectivity index (χ3v) is 3.11. The highest BCUT2D eigenvalue weighted by Gasteiger charge is 2.06. The van der Waals surface area contributed by atoms with E-state index in [9.17, 15) is 0 Å². The third-order valence-electron chi connectivity index (χ3n) is 2.30. The Morgan fingerprint density at radius 3 is 3.00 bits per heavy atom. The van der Waals surface area contributed by atoms with Gasteiger partial charge in [-0.3, -0.25) is 4.40 Å². The zero-order valence-corrected chi connectivity index (χ0v) is 9.83. The van der Waals surface area contributed by atoms with Crippen LogP contribution in [0.25, 0.3) is 16.6 Å². The van der Waals surface area contributed by atoms with Crippen LogP contribution in [0.2, 0.25) is 5.02 Å². The van der Waals surface area contributed by atoms with Crippen molar-refractivity contribution in [3.8, 4) is 0 Å². The smallest absolute Gasteiger partial charge is 0.175 e. The Hall–Kier alpha value is -1.13. The van der Waals surface area contributed by atoms with Crippen molar-refractivity contribution in [2.45, 2.75) is 0 Å². The van der Waals surface area contributed by atoms with E-state index in [1.165, 1.54) is 0 Å². The Balaban J connectivity index is 2.61. The first-order chi connectivity index (χ1) is 7.25. The molecule has 2 heterocycles. The Morgan fingerprint density at radius 1 is 1.27 bits per heavy atom. The molecular formula is C10H5BrClN3. The number of hydrogen-bond acceptors (Lipinski definition) is 2. The molecule has 0 radical (unpaired) electrons. The molecule has 1 aromatic carbocycles. The molecule has 0 saturated carbocycles. The molecule has 5 heteroatoms. The second kappa shape index (κ2) is 3.18. The van der Waals surface area contributed by atoms with Gasteiger partial charge in [0, 0.05) is 5.02 Å². The van der Waals surface area contributed by atoms with Crippen molar-refractivity contribution in [3.05, 3.63) is 40.1 Å². The summed E-state index contributed by atoms with van der Waals surface area (Å²) in [5.74, 6) is 0. The second-order valence-electron chi connectivity index (χ2n) is 3.22. The minimum Gasteiger partial charge on any atom is -0.281 e. The van der Waals surface area contributed by atoms with E-state index >= 15 is 0 Å². The molecule has 0 aliphatic carbocycles. The summed E-state index contributed by atoms with van der Waals surface area (Å²) >= 11 is 9.42. The van der Waals surface area contributed by atoms with E-state index < -0.39 is 0 Å². The lowest BCUT2D eigenvalue weighted by molar-refractivity contribution is 1.11. The number of aromatic nitrogens is 3. The van der Waals surface area contributed by atoms with Crippen LogP contribution < -0.4 is 0 Å². The fraction of sp³-hybridized carbons (Fsp3) is 0. The minimum atomic E-state index is 0.708. The zero-order valence-electron chi connectivity index (χ0n) is 7.48. The summed E-state index contributed by atoms with van der Waals surface area (Å²) in [5, 5.41) is 9.71. The molecule has 0 fully saturated rings. The van der Waals surface area contributed by atoms with Crippen LogP contribution in [0.3, 0.4) is 0 Å². The van der Waals surface area contributed by atoms with Gasteiger partial charge in [-0.15, -0.1) is 10.2 Å². The van der Waals surface area contributed by atoms with E-state index in [0.29, 0.717) is 5.02 Å². The number of nitrogens with zero attached hydrogens (tertiary/aromatic N) is 3. The van der Waals surface area contributed by atoms with Crippen LogP contribution in [0.5, 0.6) is 0 Å². The summed E-state index contributed by atoms with van der Waals surface area (Å²) < 4.78 is 2.83. The molecule has 0 N–H and O–H groups in total. The lowest BCUT2D eigenvalue weighted by atomic mass is 10.2. The molecule has 3 nitrogen and oxygen atoms in total. The highest BCUT2D eigenvalue weighted by Crippen LogP contribution is 2.25. The number of halogens is 2. The Kier molecular flexibility index (Phi) is 1.94. The van der Waals surface area contributed by atoms with E-state index in [0.717, 1.165) is 21.0 Å². The van der Waals surface area contributed by atoms with Crippen LogP contribution in [0.15, 0.2) is 35.1 Å². The molecule has 3 aromatic rings. The quantitative estimate of drug-likeness (QED) is 0.633. The van der Waals surface area contributed by atoms with Crippen molar-refractivity contribution in [1.82, 2.24) is 14.6 Å². The van der Waals surface area contributed by atoms with Gasteiger partial charge in [-0.25, -0.2) is 0 Å². The predicted molar refractivity (Wildman–Crippen MR) is 63.2 cm³/mol. The van der Waals surface area contributed by atoms with Gasteiger partial charge >= 0.3 is 0 Å². The van der Waals surface area contributed by atoms with Gasteiger partial charge in [0.2, 0.25) is 0 Å². The fourth-order valence-corrected chi connectivity index (χ4v) is 2.31. The summed E-state index contributed by atoms with van der Waals surface area (Å²) in [5.41, 5.74) is 1.80. The summed E-state index contributed by atoms with van der Waals surface area (Å²) in [6.45, 7) is 0. The summed E-state index contributed by atoms with van der Waals surface area (Å²) in [6, 6.07) is 7.75. The van der Waals surface area contributed by atoms with Gasteiger partial charge in [-0.1, -0.05) is 17.7 Å². The van der Waals surface area contributed by atoms with Crippen LogP contribution in [0, 0.1) is 0 Å². The van der Waals surface area contributed by atoms with Crippen molar-refractivity contribution >= 4 is 44.1 Å². The summed E-state index contributed by atoms with van der Waals surface area (Å²) in [7, 11) is 0. The van der Waals surface area contributed by atoms with Gasteiger partial charge in [0.15, 0.2) is 5.65 Å². The van der Waals surface area contributed by atoms with Crippen molar-refractivity contribution in [1.29, 1.82) is 0 Å². The summed E-state index contributed by atoms with van der Waals surface area (Å²) in [6.07, 6.45) is 1.68. The predicted octanol–water partition coefficient (Wildman–Crippen LogP) is 3.30. The molecule has 15 heavy (non-hydrogen) atoms. The standard InChI is InChI=1S/C10H5BrClN3/c11-8-3-6-1-2-7(12)4-9(6)15-5-13-14-10(8)15/h1-5H. The lowest BCUT2D eigenvalue weighted by Gasteiger charge is -2.03. The second-order valence-corrected chi connectivity index (χ2v) is 4.51. The van der Waals surface area contributed by atoms with Crippen LogP contribution in [0.1, 0.15) is 0 Å². The Bertz CT molecular complexity index is 662. The number of benzene rings is 1. The van der Waals surface area contributed by atoms with Crippen LogP contribution in [-0.2, 0) is 0 Å². The largest absolute Gasteiger partial charge is 0.281 e. The highest BCUT2D eigenvalue weighted by atomic mass is 79.9. The molecule has 0 atom stereocenters. The molecule has 0 spiro atoms. The van der Waals surface area contributed by atoms with Crippen LogP contribution >= 0.6 is 27.5 Å². The first-order valence-electron chi connectivity index (χ1n) is 4.33. The van der Waals surface area contributed by atoms with E-state index in [1.54, 1.807) is 6.33 Å². The van der Waals surface area contributed by atoms with Crippen molar-refractivity contribution in [2.75, 3.05) is 0 Å². The first kappa shape index (κ1) is 9.12. The van der Waals surface area contributed by atoms with Gasteiger partial charge in [0.1, 0.15) is 6.33 Å². The number of hydrogen-bond donors (Lipinski definition) is 0. The van der Waals surface area contributed by atoms with Crippen LogP contribution in [-0.4, -0.2) is 14.6 Å². The van der Waals surface area contributed by atoms with E-state index in [4.69, 9.17) is 11.6 Å². The SMILES string of the molecule is Clc1ccc2cc(Br)c3nncn3c2c1. The molecule has 74 valence electrons. The molecular weight excluding hydrogens is 277 g/mol. The van der Waals surface area contributed by atoms with E-state index in [-0.39, 0.29) is 0 Å². The maximum absolute atomic E-state index is 5.96.